The molecule has 0 radical (unpaired) electrons. The fourth-order valence-electron chi connectivity index (χ4n) is 3.33. The van der Waals surface area contributed by atoms with Gasteiger partial charge >= 0.3 is 5.97 Å². The summed E-state index contributed by atoms with van der Waals surface area (Å²) in [6.07, 6.45) is 0.268. The fraction of sp³-hybridized carbons (Fsp3) is 0.412. The van der Waals surface area contributed by atoms with E-state index in [9.17, 15) is 24.3 Å². The molecule has 8 nitrogen and oxygen atoms in total. The van der Waals surface area contributed by atoms with Gasteiger partial charge in [0.1, 0.15) is 12.0 Å². The van der Waals surface area contributed by atoms with Crippen molar-refractivity contribution in [2.45, 2.75) is 6.42 Å². The Morgan fingerprint density at radius 1 is 1.20 bits per heavy atom. The van der Waals surface area contributed by atoms with Crippen molar-refractivity contribution >= 4 is 23.7 Å². The summed E-state index contributed by atoms with van der Waals surface area (Å²) in [4.78, 5) is 51.0. The molecule has 2 heterocycles. The number of hydrogen-bond donors (Lipinski definition) is 1. The summed E-state index contributed by atoms with van der Waals surface area (Å²) in [5.74, 6) is -2.48. The van der Waals surface area contributed by atoms with Crippen LogP contribution in [0.15, 0.2) is 24.3 Å². The maximum atomic E-state index is 12.5. The minimum Gasteiger partial charge on any atom is -0.481 e. The standard InChI is InChI=1S/C17H18N2O6/c1-25-10-17(16(23)24)6-7-18(9-17)13(20)8-19-14(21)11-4-2-3-5-12(11)15(19)22/h2-5H,6-10H2,1H3,(H,23,24). The predicted octanol–water partition coefficient (Wildman–Crippen LogP) is 0.232. The van der Waals surface area contributed by atoms with Crippen LogP contribution in [-0.2, 0) is 14.3 Å². The second-order valence-electron chi connectivity index (χ2n) is 6.33. The Hall–Kier alpha value is -2.74. The van der Waals surface area contributed by atoms with Crippen LogP contribution in [0.1, 0.15) is 27.1 Å². The maximum Gasteiger partial charge on any atom is 0.313 e. The zero-order valence-electron chi connectivity index (χ0n) is 13.7. The van der Waals surface area contributed by atoms with E-state index in [0.717, 1.165) is 4.90 Å². The smallest absolute Gasteiger partial charge is 0.313 e. The van der Waals surface area contributed by atoms with Gasteiger partial charge in [-0.3, -0.25) is 24.1 Å². The minimum atomic E-state index is -1.15. The van der Waals surface area contributed by atoms with Crippen LogP contribution in [0, 0.1) is 5.41 Å². The predicted molar refractivity (Wildman–Crippen MR) is 85.0 cm³/mol. The van der Waals surface area contributed by atoms with E-state index in [2.05, 4.69) is 0 Å². The van der Waals surface area contributed by atoms with E-state index < -0.39 is 35.7 Å². The van der Waals surface area contributed by atoms with Crippen molar-refractivity contribution in [2.75, 3.05) is 33.4 Å². The number of amides is 3. The molecular weight excluding hydrogens is 328 g/mol. The van der Waals surface area contributed by atoms with Crippen molar-refractivity contribution in [3.05, 3.63) is 35.4 Å². The van der Waals surface area contributed by atoms with E-state index in [4.69, 9.17) is 4.74 Å². The molecule has 1 fully saturated rings. The van der Waals surface area contributed by atoms with E-state index >= 15 is 0 Å². The first kappa shape index (κ1) is 17.1. The molecule has 3 amide bonds. The van der Waals surface area contributed by atoms with Gasteiger partial charge in [-0.05, 0) is 18.6 Å². The number of benzene rings is 1. The van der Waals surface area contributed by atoms with E-state index in [0.29, 0.717) is 0 Å². The second kappa shape index (κ2) is 6.29. The third-order valence-corrected chi connectivity index (χ3v) is 4.75. The summed E-state index contributed by atoms with van der Waals surface area (Å²) in [5, 5.41) is 9.44. The summed E-state index contributed by atoms with van der Waals surface area (Å²) < 4.78 is 4.99. The van der Waals surface area contributed by atoms with Gasteiger partial charge in [0.05, 0.1) is 17.7 Å². The van der Waals surface area contributed by atoms with Crippen LogP contribution in [0.4, 0.5) is 0 Å². The molecule has 3 rings (SSSR count). The number of likely N-dealkylation sites (tertiary alicyclic amines) is 1. The molecule has 1 N–H and O–H groups in total. The van der Waals surface area contributed by atoms with Gasteiger partial charge in [-0.25, -0.2) is 0 Å². The van der Waals surface area contributed by atoms with Crippen molar-refractivity contribution in [1.29, 1.82) is 0 Å². The molecular formula is C17H18N2O6. The largest absolute Gasteiger partial charge is 0.481 e. The Labute approximate surface area is 144 Å². The Morgan fingerprint density at radius 3 is 2.32 bits per heavy atom. The monoisotopic (exact) mass is 346 g/mol. The molecule has 0 aromatic heterocycles. The first-order valence-corrected chi connectivity index (χ1v) is 7.85. The number of carboxylic acid groups (broad SMARTS) is 1. The highest BCUT2D eigenvalue weighted by molar-refractivity contribution is 6.22. The van der Waals surface area contributed by atoms with Crippen LogP contribution in [0.3, 0.4) is 0 Å². The highest BCUT2D eigenvalue weighted by atomic mass is 16.5. The Bertz CT molecular complexity index is 726. The number of ether oxygens (including phenoxy) is 1. The summed E-state index contributed by atoms with van der Waals surface area (Å²) in [7, 11) is 1.41. The lowest BCUT2D eigenvalue weighted by atomic mass is 9.88. The lowest BCUT2D eigenvalue weighted by Crippen LogP contribution is -2.44. The third kappa shape index (κ3) is 2.78. The van der Waals surface area contributed by atoms with Crippen molar-refractivity contribution in [2.24, 2.45) is 5.41 Å². The van der Waals surface area contributed by atoms with Gasteiger partial charge in [-0.2, -0.15) is 0 Å². The normalized spacial score (nSPS) is 22.4. The maximum absolute atomic E-state index is 12.5. The molecule has 132 valence electrons. The Balaban J connectivity index is 1.71. The van der Waals surface area contributed by atoms with Gasteiger partial charge in [0, 0.05) is 20.2 Å². The van der Waals surface area contributed by atoms with Gasteiger partial charge in [-0.15, -0.1) is 0 Å². The molecule has 0 saturated carbocycles. The highest BCUT2D eigenvalue weighted by Gasteiger charge is 2.47. The van der Waals surface area contributed by atoms with Crippen molar-refractivity contribution in [1.82, 2.24) is 9.80 Å². The summed E-state index contributed by atoms with van der Waals surface area (Å²) >= 11 is 0. The molecule has 8 heteroatoms. The average molecular weight is 346 g/mol. The topological polar surface area (TPSA) is 104 Å². The molecule has 1 aromatic carbocycles. The van der Waals surface area contributed by atoms with E-state index in [1.165, 1.54) is 12.0 Å². The number of hydrogen-bond acceptors (Lipinski definition) is 5. The van der Waals surface area contributed by atoms with Crippen LogP contribution < -0.4 is 0 Å². The van der Waals surface area contributed by atoms with Crippen LogP contribution >= 0.6 is 0 Å². The molecule has 0 spiro atoms. The van der Waals surface area contributed by atoms with Gasteiger partial charge in [0.2, 0.25) is 5.91 Å². The molecule has 2 aliphatic heterocycles. The van der Waals surface area contributed by atoms with Crippen molar-refractivity contribution in [3.8, 4) is 0 Å². The zero-order valence-corrected chi connectivity index (χ0v) is 13.7. The van der Waals surface area contributed by atoms with Gasteiger partial charge < -0.3 is 14.7 Å². The molecule has 0 bridgehead atoms. The number of aliphatic carboxylic acids is 1. The van der Waals surface area contributed by atoms with Gasteiger partial charge in [0.25, 0.3) is 11.8 Å². The Kier molecular flexibility index (Phi) is 4.30. The number of carboxylic acids is 1. The van der Waals surface area contributed by atoms with Crippen molar-refractivity contribution < 1.29 is 29.0 Å². The van der Waals surface area contributed by atoms with E-state index in [1.807, 2.05) is 0 Å². The average Bonchev–Trinajstić information content (AvgIpc) is 3.13. The lowest BCUT2D eigenvalue weighted by molar-refractivity contribution is -0.151. The summed E-state index contributed by atoms with van der Waals surface area (Å²) in [6.45, 7) is -0.149. The first-order valence-electron chi connectivity index (χ1n) is 7.85. The minimum absolute atomic E-state index is 0.000863. The number of rotatable bonds is 5. The molecule has 1 saturated heterocycles. The van der Waals surface area contributed by atoms with E-state index in [1.54, 1.807) is 24.3 Å². The second-order valence-corrected chi connectivity index (χ2v) is 6.33. The van der Waals surface area contributed by atoms with Gasteiger partial charge in [-0.1, -0.05) is 12.1 Å². The number of nitrogens with zero attached hydrogens (tertiary/aromatic N) is 2. The SMILES string of the molecule is COCC1(C(=O)O)CCN(C(=O)CN2C(=O)c3ccccc3C2=O)C1. The number of carbonyl (C=O) groups excluding carboxylic acids is 3. The molecule has 25 heavy (non-hydrogen) atoms. The lowest BCUT2D eigenvalue weighted by Gasteiger charge is -2.24. The zero-order chi connectivity index (χ0) is 18.2. The molecule has 1 aromatic rings. The molecule has 2 aliphatic rings. The van der Waals surface area contributed by atoms with Crippen molar-refractivity contribution in [3.63, 3.8) is 0 Å². The molecule has 1 atom stereocenters. The highest BCUT2D eigenvalue weighted by Crippen LogP contribution is 2.32. The summed E-state index contributed by atoms with van der Waals surface area (Å²) in [5.41, 5.74) is -0.589. The molecule has 0 aliphatic carbocycles. The fourth-order valence-corrected chi connectivity index (χ4v) is 3.33. The van der Waals surface area contributed by atoms with Crippen LogP contribution in [0.25, 0.3) is 0 Å². The number of methoxy groups -OCH3 is 1. The van der Waals surface area contributed by atoms with Crippen LogP contribution in [0.5, 0.6) is 0 Å². The number of imide groups is 1. The first-order chi connectivity index (χ1) is 11.9. The quantitative estimate of drug-likeness (QED) is 0.766. The number of fused-ring (bicyclic) bond motifs is 1. The van der Waals surface area contributed by atoms with E-state index in [-0.39, 0.29) is 37.2 Å². The molecule has 1 unspecified atom stereocenters. The third-order valence-electron chi connectivity index (χ3n) is 4.75. The van der Waals surface area contributed by atoms with Crippen LogP contribution in [-0.4, -0.2) is 71.9 Å². The number of carbonyl (C=O) groups is 4. The Morgan fingerprint density at radius 2 is 1.80 bits per heavy atom. The summed E-state index contributed by atoms with van der Waals surface area (Å²) in [6, 6.07) is 6.40. The van der Waals surface area contributed by atoms with Crippen LogP contribution in [0.2, 0.25) is 0 Å². The van der Waals surface area contributed by atoms with Gasteiger partial charge in [0.15, 0.2) is 0 Å².